The highest BCUT2D eigenvalue weighted by atomic mass is 16.6. The molecule has 8 heteroatoms. The van der Waals surface area contributed by atoms with Crippen molar-refractivity contribution in [2.75, 3.05) is 32.0 Å². The van der Waals surface area contributed by atoms with Crippen molar-refractivity contribution in [1.82, 2.24) is 19.6 Å². The number of amides is 3. The van der Waals surface area contributed by atoms with Gasteiger partial charge in [-0.1, -0.05) is 18.2 Å². The SMILES string of the molecule is CN(CC1CCCN(C(=O)Nc2ccccc2Cn2cccn2)C1)C(=O)OC(C)(C)C. The van der Waals surface area contributed by atoms with Gasteiger partial charge in [0.1, 0.15) is 5.60 Å². The third kappa shape index (κ3) is 6.73. The van der Waals surface area contributed by atoms with Crippen LogP contribution in [0.2, 0.25) is 0 Å². The van der Waals surface area contributed by atoms with Crippen molar-refractivity contribution in [3.8, 4) is 0 Å². The van der Waals surface area contributed by atoms with Gasteiger partial charge in [-0.2, -0.15) is 5.10 Å². The van der Waals surface area contributed by atoms with Gasteiger partial charge in [-0.25, -0.2) is 9.59 Å². The van der Waals surface area contributed by atoms with Crippen molar-refractivity contribution in [2.45, 2.75) is 45.8 Å². The topological polar surface area (TPSA) is 79.7 Å². The van der Waals surface area contributed by atoms with Gasteiger partial charge >= 0.3 is 12.1 Å². The van der Waals surface area contributed by atoms with Gasteiger partial charge in [0.05, 0.1) is 6.54 Å². The summed E-state index contributed by atoms with van der Waals surface area (Å²) in [5.41, 5.74) is 1.27. The second-order valence-corrected chi connectivity index (χ2v) is 9.11. The number of ether oxygens (including phenoxy) is 1. The van der Waals surface area contributed by atoms with Crippen LogP contribution in [0.5, 0.6) is 0 Å². The van der Waals surface area contributed by atoms with Crippen LogP contribution < -0.4 is 5.32 Å². The molecule has 3 amide bonds. The van der Waals surface area contributed by atoms with Crippen LogP contribution >= 0.6 is 0 Å². The lowest BCUT2D eigenvalue weighted by atomic mass is 9.98. The summed E-state index contributed by atoms with van der Waals surface area (Å²) in [6.07, 6.45) is 5.20. The molecule has 1 saturated heterocycles. The van der Waals surface area contributed by atoms with Crippen LogP contribution in [0.25, 0.3) is 0 Å². The highest BCUT2D eigenvalue weighted by Crippen LogP contribution is 2.21. The fourth-order valence-corrected chi connectivity index (χ4v) is 3.74. The first kappa shape index (κ1) is 22.7. The molecule has 0 aliphatic carbocycles. The van der Waals surface area contributed by atoms with Crippen LogP contribution in [0, 0.1) is 5.92 Å². The number of anilines is 1. The second-order valence-electron chi connectivity index (χ2n) is 9.11. The molecule has 1 unspecified atom stereocenters. The molecule has 1 N–H and O–H groups in total. The Hall–Kier alpha value is -3.03. The standard InChI is InChI=1S/C23H33N5O3/c1-23(2,3)31-22(30)26(4)15-18-9-7-13-27(16-18)21(29)25-20-11-6-5-10-19(20)17-28-14-8-12-24-28/h5-6,8,10-12,14,18H,7,9,13,15-17H2,1-4H3,(H,25,29). The second kappa shape index (κ2) is 9.85. The number of carbonyl (C=O) groups excluding carboxylic acids is 2. The lowest BCUT2D eigenvalue weighted by Crippen LogP contribution is -2.46. The van der Waals surface area contributed by atoms with Gasteiger partial charge in [0, 0.05) is 44.8 Å². The minimum atomic E-state index is -0.520. The molecule has 1 fully saturated rings. The first-order valence-electron chi connectivity index (χ1n) is 10.8. The summed E-state index contributed by atoms with van der Waals surface area (Å²) in [5, 5.41) is 7.31. The number of carbonyl (C=O) groups is 2. The number of benzene rings is 1. The average Bonchev–Trinajstić information content (AvgIpc) is 3.21. The van der Waals surface area contributed by atoms with Crippen LogP contribution in [-0.4, -0.2) is 64.0 Å². The van der Waals surface area contributed by atoms with Crippen molar-refractivity contribution in [1.29, 1.82) is 0 Å². The Balaban J connectivity index is 1.57. The first-order chi connectivity index (χ1) is 14.7. The number of piperidine rings is 1. The monoisotopic (exact) mass is 427 g/mol. The van der Waals surface area contributed by atoms with Crippen molar-refractivity contribution >= 4 is 17.8 Å². The highest BCUT2D eigenvalue weighted by Gasteiger charge is 2.27. The highest BCUT2D eigenvalue weighted by molar-refractivity contribution is 5.90. The van der Waals surface area contributed by atoms with Crippen molar-refractivity contribution in [2.24, 2.45) is 5.92 Å². The average molecular weight is 428 g/mol. The molecule has 2 aromatic rings. The molecular weight excluding hydrogens is 394 g/mol. The van der Waals surface area contributed by atoms with Gasteiger partial charge in [-0.05, 0) is 57.2 Å². The molecule has 1 aromatic carbocycles. The van der Waals surface area contributed by atoms with Gasteiger partial charge in [0.25, 0.3) is 0 Å². The molecule has 0 saturated carbocycles. The van der Waals surface area contributed by atoms with E-state index >= 15 is 0 Å². The zero-order valence-electron chi connectivity index (χ0n) is 18.9. The molecule has 168 valence electrons. The number of nitrogens with one attached hydrogen (secondary N) is 1. The number of para-hydroxylation sites is 1. The summed E-state index contributed by atoms with van der Waals surface area (Å²) in [6, 6.07) is 9.54. The molecule has 1 aliphatic rings. The van der Waals surface area contributed by atoms with Crippen LogP contribution in [0.15, 0.2) is 42.7 Å². The molecule has 0 bridgehead atoms. The predicted molar refractivity (Wildman–Crippen MR) is 120 cm³/mol. The van der Waals surface area contributed by atoms with Crippen LogP contribution in [0.3, 0.4) is 0 Å². The van der Waals surface area contributed by atoms with Crippen molar-refractivity contribution in [3.63, 3.8) is 0 Å². The lowest BCUT2D eigenvalue weighted by Gasteiger charge is -2.35. The van der Waals surface area contributed by atoms with E-state index in [-0.39, 0.29) is 18.0 Å². The third-order valence-electron chi connectivity index (χ3n) is 5.19. The molecule has 1 aromatic heterocycles. The Morgan fingerprint density at radius 2 is 2.03 bits per heavy atom. The number of likely N-dealkylation sites (tertiary alicyclic amines) is 1. The van der Waals surface area contributed by atoms with E-state index in [0.717, 1.165) is 24.1 Å². The van der Waals surface area contributed by atoms with Gasteiger partial charge < -0.3 is 19.9 Å². The van der Waals surface area contributed by atoms with E-state index in [9.17, 15) is 9.59 Å². The molecular formula is C23H33N5O3. The Bertz CT molecular complexity index is 876. The Labute approximate surface area is 184 Å². The minimum absolute atomic E-state index is 0.113. The van der Waals surface area contributed by atoms with E-state index in [1.54, 1.807) is 18.1 Å². The fourth-order valence-electron chi connectivity index (χ4n) is 3.74. The Kier molecular flexibility index (Phi) is 7.20. The molecule has 3 rings (SSSR count). The smallest absolute Gasteiger partial charge is 0.410 e. The first-order valence-corrected chi connectivity index (χ1v) is 10.8. The molecule has 0 spiro atoms. The summed E-state index contributed by atoms with van der Waals surface area (Å²) >= 11 is 0. The maximum absolute atomic E-state index is 13.0. The van der Waals surface area contributed by atoms with Gasteiger partial charge in [-0.15, -0.1) is 0 Å². The van der Waals surface area contributed by atoms with Gasteiger partial charge in [0.2, 0.25) is 0 Å². The molecule has 1 atom stereocenters. The number of rotatable bonds is 5. The normalized spacial score (nSPS) is 16.6. The van der Waals surface area contributed by atoms with Crippen LogP contribution in [0.4, 0.5) is 15.3 Å². The fraction of sp³-hybridized carbons (Fsp3) is 0.522. The van der Waals surface area contributed by atoms with Crippen LogP contribution in [0.1, 0.15) is 39.2 Å². The van der Waals surface area contributed by atoms with E-state index in [1.807, 2.05) is 66.9 Å². The summed E-state index contributed by atoms with van der Waals surface area (Å²) in [4.78, 5) is 28.7. The number of hydrogen-bond acceptors (Lipinski definition) is 4. The Morgan fingerprint density at radius 3 is 2.74 bits per heavy atom. The number of nitrogens with zero attached hydrogens (tertiary/aromatic N) is 4. The van der Waals surface area contributed by atoms with Crippen molar-refractivity contribution < 1.29 is 14.3 Å². The van der Waals surface area contributed by atoms with Gasteiger partial charge in [-0.3, -0.25) is 4.68 Å². The summed E-state index contributed by atoms with van der Waals surface area (Å²) in [7, 11) is 1.75. The molecule has 31 heavy (non-hydrogen) atoms. The molecule has 2 heterocycles. The minimum Gasteiger partial charge on any atom is -0.444 e. The van der Waals surface area contributed by atoms with Crippen LogP contribution in [-0.2, 0) is 11.3 Å². The van der Waals surface area contributed by atoms with Crippen molar-refractivity contribution in [3.05, 3.63) is 48.3 Å². The molecule has 1 aliphatic heterocycles. The maximum atomic E-state index is 13.0. The van der Waals surface area contributed by atoms with E-state index < -0.39 is 5.60 Å². The summed E-state index contributed by atoms with van der Waals surface area (Å²) in [5.74, 6) is 0.219. The van der Waals surface area contributed by atoms with E-state index in [2.05, 4.69) is 10.4 Å². The lowest BCUT2D eigenvalue weighted by molar-refractivity contribution is 0.0253. The largest absolute Gasteiger partial charge is 0.444 e. The maximum Gasteiger partial charge on any atom is 0.410 e. The molecule has 0 radical (unpaired) electrons. The Morgan fingerprint density at radius 1 is 1.26 bits per heavy atom. The van der Waals surface area contributed by atoms with E-state index in [4.69, 9.17) is 4.74 Å². The third-order valence-corrected chi connectivity index (χ3v) is 5.19. The molecule has 8 nitrogen and oxygen atoms in total. The van der Waals surface area contributed by atoms with E-state index in [1.165, 1.54) is 0 Å². The zero-order chi connectivity index (χ0) is 22.4. The zero-order valence-corrected chi connectivity index (χ0v) is 18.9. The summed E-state index contributed by atoms with van der Waals surface area (Å²) < 4.78 is 7.27. The number of urea groups is 1. The number of aromatic nitrogens is 2. The quantitative estimate of drug-likeness (QED) is 0.781. The summed E-state index contributed by atoms with van der Waals surface area (Å²) in [6.45, 7) is 8.04. The number of hydrogen-bond donors (Lipinski definition) is 1. The van der Waals surface area contributed by atoms with E-state index in [0.29, 0.717) is 26.2 Å². The predicted octanol–water partition coefficient (Wildman–Crippen LogP) is 4.04. The van der Waals surface area contributed by atoms with Gasteiger partial charge in [0.15, 0.2) is 0 Å².